The highest BCUT2D eigenvalue weighted by Gasteiger charge is 2.71. The highest BCUT2D eigenvalue weighted by Crippen LogP contribution is 2.71. The molecule has 6 unspecified atom stereocenters. The summed E-state index contributed by atoms with van der Waals surface area (Å²) in [6.07, 6.45) is 6.31. The third-order valence-corrected chi connectivity index (χ3v) is 11.1. The molecule has 2 N–H and O–H groups in total. The number of carbonyl (C=O) groups excluding carboxylic acids is 2. The van der Waals surface area contributed by atoms with Crippen molar-refractivity contribution in [3.8, 4) is 0 Å². The molecule has 2 bridgehead atoms. The molecular formula is C21H24N2O5S2. The fraction of sp³-hybridized carbons (Fsp3) is 0.714. The lowest BCUT2D eigenvalue weighted by Gasteiger charge is -2.52. The average Bonchev–Trinajstić information content (AvgIpc) is 3.43. The van der Waals surface area contributed by atoms with Gasteiger partial charge in [0.2, 0.25) is 11.8 Å². The van der Waals surface area contributed by atoms with Crippen molar-refractivity contribution in [3.63, 3.8) is 0 Å². The Bertz CT molecular complexity index is 1010. The minimum Gasteiger partial charge on any atom is -0.481 e. The number of likely N-dealkylation sites (tertiary alicyclic amines) is 1. The highest BCUT2D eigenvalue weighted by atomic mass is 32.2. The standard InChI is InChI=1S/C21H24N2O5S2/c24-11(25)4-7-23-18(26)12-9-8-10(13(12)19(23)27)15-14(9)21(5-2-1-3-6-21)16-17(29-15)22-20(28)30-16/h9-10,12-15H,1-8H2,(H,22,28)(H,24,25). The maximum Gasteiger partial charge on any atom is 0.305 e. The molecule has 1 saturated heterocycles. The SMILES string of the molecule is O=C(O)CCN1C(=O)C2C3CC(C2C1=O)C1C3Sc2[nH]c(=O)sc2C12CCCCC2. The van der Waals surface area contributed by atoms with Crippen molar-refractivity contribution in [2.45, 2.75) is 60.6 Å². The molecule has 3 saturated carbocycles. The van der Waals surface area contributed by atoms with Crippen molar-refractivity contribution in [2.75, 3.05) is 6.54 Å². The third-order valence-electron chi connectivity index (χ3n) is 8.45. The molecule has 3 aliphatic carbocycles. The molecule has 5 aliphatic rings. The fourth-order valence-electron chi connectivity index (χ4n) is 7.57. The molecule has 2 amide bonds. The molecule has 3 heterocycles. The van der Waals surface area contributed by atoms with Gasteiger partial charge in [0.1, 0.15) is 0 Å². The van der Waals surface area contributed by atoms with Crippen LogP contribution in [-0.4, -0.2) is 44.6 Å². The summed E-state index contributed by atoms with van der Waals surface area (Å²) < 4.78 is 0. The number of fused-ring (bicyclic) bond motifs is 11. The number of carboxylic acid groups (broad SMARTS) is 1. The summed E-state index contributed by atoms with van der Waals surface area (Å²) in [5, 5.41) is 10.3. The second-order valence-electron chi connectivity index (χ2n) is 9.58. The molecule has 2 aliphatic heterocycles. The normalized spacial score (nSPS) is 38.1. The Kier molecular flexibility index (Phi) is 4.11. The molecule has 0 aromatic carbocycles. The van der Waals surface area contributed by atoms with E-state index < -0.39 is 5.97 Å². The van der Waals surface area contributed by atoms with Gasteiger partial charge < -0.3 is 10.1 Å². The first kappa shape index (κ1) is 19.1. The molecular weight excluding hydrogens is 424 g/mol. The van der Waals surface area contributed by atoms with Gasteiger partial charge in [-0.05, 0) is 37.0 Å². The lowest BCUT2D eigenvalue weighted by atomic mass is 9.57. The summed E-state index contributed by atoms with van der Waals surface area (Å²) in [7, 11) is 0. The predicted molar refractivity (Wildman–Crippen MR) is 110 cm³/mol. The number of aliphatic carboxylic acids is 1. The van der Waals surface area contributed by atoms with Gasteiger partial charge in [0.05, 0.1) is 23.3 Å². The molecule has 6 rings (SSSR count). The van der Waals surface area contributed by atoms with E-state index >= 15 is 0 Å². The Morgan fingerprint density at radius 2 is 1.80 bits per heavy atom. The maximum atomic E-state index is 13.2. The van der Waals surface area contributed by atoms with Crippen LogP contribution in [0.1, 0.15) is 49.8 Å². The Balaban J connectivity index is 1.41. The second-order valence-corrected chi connectivity index (χ2v) is 11.8. The number of amides is 2. The lowest BCUT2D eigenvalue weighted by molar-refractivity contribution is -0.142. The second kappa shape index (κ2) is 6.45. The predicted octanol–water partition coefficient (Wildman–Crippen LogP) is 2.45. The fourth-order valence-corrected chi connectivity index (χ4v) is 10.7. The quantitative estimate of drug-likeness (QED) is 0.688. The van der Waals surface area contributed by atoms with E-state index in [1.165, 1.54) is 27.5 Å². The van der Waals surface area contributed by atoms with Crippen molar-refractivity contribution >= 4 is 40.9 Å². The number of nitrogens with zero attached hydrogens (tertiary/aromatic N) is 1. The number of imide groups is 1. The largest absolute Gasteiger partial charge is 0.481 e. The number of rotatable bonds is 3. The minimum atomic E-state index is -0.991. The van der Waals surface area contributed by atoms with Crippen molar-refractivity contribution < 1.29 is 19.5 Å². The average molecular weight is 449 g/mol. The molecule has 1 aromatic heterocycles. The molecule has 1 aromatic rings. The zero-order chi connectivity index (χ0) is 20.8. The number of aromatic nitrogens is 1. The number of thiazole rings is 1. The Hall–Kier alpha value is -1.61. The molecule has 9 heteroatoms. The molecule has 1 spiro atoms. The Labute approximate surface area is 181 Å². The van der Waals surface area contributed by atoms with Crippen LogP contribution < -0.4 is 4.87 Å². The number of nitrogens with one attached hydrogen (secondary N) is 1. The summed E-state index contributed by atoms with van der Waals surface area (Å²) in [5.41, 5.74) is -0.0461. The van der Waals surface area contributed by atoms with E-state index in [0.29, 0.717) is 5.92 Å². The van der Waals surface area contributed by atoms with Crippen LogP contribution in [0.25, 0.3) is 0 Å². The van der Waals surface area contributed by atoms with Gasteiger partial charge in [0, 0.05) is 22.1 Å². The van der Waals surface area contributed by atoms with Crippen LogP contribution in [0.2, 0.25) is 0 Å². The van der Waals surface area contributed by atoms with Gasteiger partial charge in [0.15, 0.2) is 0 Å². The van der Waals surface area contributed by atoms with E-state index in [1.54, 1.807) is 11.8 Å². The van der Waals surface area contributed by atoms with E-state index in [9.17, 15) is 19.2 Å². The zero-order valence-corrected chi connectivity index (χ0v) is 18.1. The topological polar surface area (TPSA) is 108 Å². The summed E-state index contributed by atoms with van der Waals surface area (Å²) in [6.45, 7) is -0.0201. The van der Waals surface area contributed by atoms with E-state index in [-0.39, 0.29) is 64.0 Å². The lowest BCUT2D eigenvalue weighted by Crippen LogP contribution is -2.51. The van der Waals surface area contributed by atoms with Gasteiger partial charge in [-0.1, -0.05) is 30.6 Å². The van der Waals surface area contributed by atoms with Crippen LogP contribution in [0.15, 0.2) is 9.82 Å². The number of hydrogen-bond donors (Lipinski definition) is 2. The summed E-state index contributed by atoms with van der Waals surface area (Å²) in [4.78, 5) is 55.1. The van der Waals surface area contributed by atoms with Crippen molar-refractivity contribution in [3.05, 3.63) is 14.5 Å². The van der Waals surface area contributed by atoms with Crippen molar-refractivity contribution in [1.82, 2.24) is 9.88 Å². The van der Waals surface area contributed by atoms with Crippen LogP contribution in [0.4, 0.5) is 0 Å². The molecule has 6 atom stereocenters. The molecule has 160 valence electrons. The Morgan fingerprint density at radius 1 is 1.10 bits per heavy atom. The van der Waals surface area contributed by atoms with Crippen LogP contribution in [-0.2, 0) is 19.8 Å². The number of thioether (sulfide) groups is 1. The molecule has 7 nitrogen and oxygen atoms in total. The summed E-state index contributed by atoms with van der Waals surface area (Å²) >= 11 is 3.08. The monoisotopic (exact) mass is 448 g/mol. The van der Waals surface area contributed by atoms with Gasteiger partial charge in [-0.15, -0.1) is 11.8 Å². The maximum absolute atomic E-state index is 13.2. The first-order valence-electron chi connectivity index (χ1n) is 10.9. The first-order valence-corrected chi connectivity index (χ1v) is 12.6. The zero-order valence-electron chi connectivity index (χ0n) is 16.5. The molecule has 4 fully saturated rings. The third kappa shape index (κ3) is 2.33. The summed E-state index contributed by atoms with van der Waals surface area (Å²) in [6, 6.07) is 0. The number of carboxylic acids is 1. The van der Waals surface area contributed by atoms with Crippen LogP contribution in [0.3, 0.4) is 0 Å². The van der Waals surface area contributed by atoms with Gasteiger partial charge >= 0.3 is 10.8 Å². The Morgan fingerprint density at radius 3 is 2.50 bits per heavy atom. The minimum absolute atomic E-state index is 0.00281. The molecule has 30 heavy (non-hydrogen) atoms. The summed E-state index contributed by atoms with van der Waals surface area (Å²) in [5.74, 6) is -1.30. The number of aromatic amines is 1. The van der Waals surface area contributed by atoms with Crippen LogP contribution >= 0.6 is 23.1 Å². The van der Waals surface area contributed by atoms with Crippen LogP contribution in [0, 0.1) is 29.6 Å². The number of carbonyl (C=O) groups is 3. The van der Waals surface area contributed by atoms with E-state index in [4.69, 9.17) is 5.11 Å². The van der Waals surface area contributed by atoms with E-state index in [1.807, 2.05) is 0 Å². The van der Waals surface area contributed by atoms with E-state index in [0.717, 1.165) is 37.1 Å². The van der Waals surface area contributed by atoms with Gasteiger partial charge in [-0.25, -0.2) is 0 Å². The molecule has 0 radical (unpaired) electrons. The smallest absolute Gasteiger partial charge is 0.305 e. The highest BCUT2D eigenvalue weighted by molar-refractivity contribution is 8.00. The van der Waals surface area contributed by atoms with E-state index in [2.05, 4.69) is 4.98 Å². The van der Waals surface area contributed by atoms with Gasteiger partial charge in [-0.3, -0.25) is 24.1 Å². The first-order chi connectivity index (χ1) is 14.4. The van der Waals surface area contributed by atoms with Gasteiger partial charge in [-0.2, -0.15) is 0 Å². The van der Waals surface area contributed by atoms with Crippen molar-refractivity contribution in [2.24, 2.45) is 29.6 Å². The van der Waals surface area contributed by atoms with Crippen molar-refractivity contribution in [1.29, 1.82) is 0 Å². The number of hydrogen-bond acceptors (Lipinski definition) is 6. The van der Waals surface area contributed by atoms with Crippen LogP contribution in [0.5, 0.6) is 0 Å². The number of H-pyrrole nitrogens is 1. The van der Waals surface area contributed by atoms with Gasteiger partial charge in [0.25, 0.3) is 0 Å².